The van der Waals surface area contributed by atoms with Gasteiger partial charge < -0.3 is 10.2 Å². The lowest BCUT2D eigenvalue weighted by Crippen LogP contribution is -2.36. The van der Waals surface area contributed by atoms with E-state index < -0.39 is 10.0 Å². The Balaban J connectivity index is 1.78. The van der Waals surface area contributed by atoms with Gasteiger partial charge in [-0.3, -0.25) is 4.72 Å². The third kappa shape index (κ3) is 4.62. The first-order valence-electron chi connectivity index (χ1n) is 8.37. The molecule has 2 aromatic rings. The zero-order valence-electron chi connectivity index (χ0n) is 14.4. The summed E-state index contributed by atoms with van der Waals surface area (Å²) in [4.78, 5) is 2.33. The molecule has 0 aromatic heterocycles. The average Bonchev–Trinajstić information content (AvgIpc) is 2.60. The van der Waals surface area contributed by atoms with E-state index in [1.807, 2.05) is 0 Å². The first-order chi connectivity index (χ1) is 12.3. The van der Waals surface area contributed by atoms with E-state index in [1.54, 1.807) is 36.4 Å². The van der Waals surface area contributed by atoms with Crippen molar-refractivity contribution < 1.29 is 8.42 Å². The number of anilines is 2. The molecule has 0 spiro atoms. The summed E-state index contributed by atoms with van der Waals surface area (Å²) in [5, 5.41) is 4.17. The van der Waals surface area contributed by atoms with Crippen LogP contribution in [0.2, 0.25) is 10.0 Å². The van der Waals surface area contributed by atoms with Crippen LogP contribution in [0, 0.1) is 0 Å². The van der Waals surface area contributed by atoms with Crippen LogP contribution in [-0.4, -0.2) is 39.5 Å². The van der Waals surface area contributed by atoms with Gasteiger partial charge in [0, 0.05) is 6.04 Å². The zero-order valence-corrected chi connectivity index (χ0v) is 16.7. The highest BCUT2D eigenvalue weighted by Gasteiger charge is 2.20. The normalized spacial score (nSPS) is 16.4. The molecule has 0 bridgehead atoms. The van der Waals surface area contributed by atoms with Crippen molar-refractivity contribution in [2.24, 2.45) is 0 Å². The van der Waals surface area contributed by atoms with Crippen molar-refractivity contribution in [1.29, 1.82) is 0 Å². The minimum atomic E-state index is -3.77. The number of hydrogen-bond acceptors (Lipinski definition) is 4. The molecular formula is C18H21Cl2N3O2S. The summed E-state index contributed by atoms with van der Waals surface area (Å²) >= 11 is 12.3. The van der Waals surface area contributed by atoms with Gasteiger partial charge in [0.25, 0.3) is 10.0 Å². The predicted octanol–water partition coefficient (Wildman–Crippen LogP) is 4.30. The molecule has 2 aromatic carbocycles. The highest BCUT2D eigenvalue weighted by molar-refractivity contribution is 7.92. The summed E-state index contributed by atoms with van der Waals surface area (Å²) in [6.45, 7) is 2.04. The molecule has 0 radical (unpaired) electrons. The van der Waals surface area contributed by atoms with E-state index >= 15 is 0 Å². The Morgan fingerprint density at radius 2 is 1.73 bits per heavy atom. The molecule has 140 valence electrons. The molecule has 1 aliphatic rings. The van der Waals surface area contributed by atoms with E-state index in [4.69, 9.17) is 23.2 Å². The number of likely N-dealkylation sites (tertiary alicyclic amines) is 1. The number of hydrogen-bond donors (Lipinski definition) is 2. The van der Waals surface area contributed by atoms with Crippen molar-refractivity contribution in [3.8, 4) is 0 Å². The third-order valence-electron chi connectivity index (χ3n) is 4.42. The highest BCUT2D eigenvalue weighted by Crippen LogP contribution is 2.30. The first-order valence-corrected chi connectivity index (χ1v) is 10.6. The second kappa shape index (κ2) is 8.05. The van der Waals surface area contributed by atoms with Gasteiger partial charge in [-0.25, -0.2) is 8.42 Å². The molecule has 1 saturated heterocycles. The fourth-order valence-corrected chi connectivity index (χ4v) is 4.69. The van der Waals surface area contributed by atoms with Crippen LogP contribution in [0.3, 0.4) is 0 Å². The fraction of sp³-hybridized carbons (Fsp3) is 0.333. The smallest absolute Gasteiger partial charge is 0.263 e. The fourth-order valence-electron chi connectivity index (χ4n) is 2.95. The monoisotopic (exact) mass is 413 g/mol. The van der Waals surface area contributed by atoms with Crippen molar-refractivity contribution in [2.45, 2.75) is 23.8 Å². The summed E-state index contributed by atoms with van der Waals surface area (Å²) in [6, 6.07) is 11.7. The molecule has 0 aliphatic carbocycles. The molecule has 2 N–H and O–H groups in total. The van der Waals surface area contributed by atoms with E-state index in [0.29, 0.717) is 16.8 Å². The van der Waals surface area contributed by atoms with Gasteiger partial charge in [-0.05, 0) is 63.3 Å². The van der Waals surface area contributed by atoms with Crippen molar-refractivity contribution in [2.75, 3.05) is 30.2 Å². The lowest BCUT2D eigenvalue weighted by Gasteiger charge is -2.30. The van der Waals surface area contributed by atoms with Crippen LogP contribution in [0.15, 0.2) is 47.4 Å². The Labute approximate surface area is 164 Å². The van der Waals surface area contributed by atoms with Crippen LogP contribution in [0.4, 0.5) is 11.4 Å². The van der Waals surface area contributed by atoms with E-state index in [1.165, 1.54) is 6.07 Å². The number of benzene rings is 2. The minimum Gasteiger partial charge on any atom is -0.381 e. The van der Waals surface area contributed by atoms with Crippen LogP contribution in [0.5, 0.6) is 0 Å². The Hall–Kier alpha value is -1.47. The Bertz CT molecular complexity index is 882. The highest BCUT2D eigenvalue weighted by atomic mass is 35.5. The second-order valence-corrected chi connectivity index (χ2v) is 8.92. The van der Waals surface area contributed by atoms with Crippen LogP contribution in [0.1, 0.15) is 12.8 Å². The van der Waals surface area contributed by atoms with Gasteiger partial charge in [-0.15, -0.1) is 0 Å². The largest absolute Gasteiger partial charge is 0.381 e. The third-order valence-corrected chi connectivity index (χ3v) is 6.63. The lowest BCUT2D eigenvalue weighted by molar-refractivity contribution is 0.264. The van der Waals surface area contributed by atoms with Crippen molar-refractivity contribution in [1.82, 2.24) is 4.90 Å². The lowest BCUT2D eigenvalue weighted by atomic mass is 10.1. The van der Waals surface area contributed by atoms with E-state index in [9.17, 15) is 8.42 Å². The predicted molar refractivity (Wildman–Crippen MR) is 108 cm³/mol. The zero-order chi connectivity index (χ0) is 18.7. The van der Waals surface area contributed by atoms with Gasteiger partial charge >= 0.3 is 0 Å². The van der Waals surface area contributed by atoms with Crippen LogP contribution < -0.4 is 10.0 Å². The van der Waals surface area contributed by atoms with Gasteiger partial charge in [0.1, 0.15) is 4.90 Å². The van der Waals surface area contributed by atoms with Gasteiger partial charge in [-0.1, -0.05) is 35.3 Å². The van der Waals surface area contributed by atoms with Crippen molar-refractivity contribution >= 4 is 44.6 Å². The molecule has 26 heavy (non-hydrogen) atoms. The molecule has 0 saturated carbocycles. The number of nitrogens with zero attached hydrogens (tertiary/aromatic N) is 1. The summed E-state index contributed by atoms with van der Waals surface area (Å²) in [6.07, 6.45) is 2.03. The summed E-state index contributed by atoms with van der Waals surface area (Å²) in [5.41, 5.74) is 1.16. The molecule has 1 fully saturated rings. The maximum Gasteiger partial charge on any atom is 0.263 e. The molecule has 0 unspecified atom stereocenters. The van der Waals surface area contributed by atoms with Gasteiger partial charge in [0.2, 0.25) is 0 Å². The summed E-state index contributed by atoms with van der Waals surface area (Å²) in [5.74, 6) is 0. The maximum atomic E-state index is 12.6. The number of sulfonamides is 1. The molecule has 1 heterocycles. The SMILES string of the molecule is CN1CCC(Nc2cc(NS(=O)(=O)c3ccccc3Cl)ccc2Cl)CC1. The first kappa shape index (κ1) is 19.3. The Morgan fingerprint density at radius 3 is 2.42 bits per heavy atom. The van der Waals surface area contributed by atoms with Crippen molar-refractivity contribution in [3.05, 3.63) is 52.5 Å². The van der Waals surface area contributed by atoms with Crippen molar-refractivity contribution in [3.63, 3.8) is 0 Å². The molecule has 1 aliphatic heterocycles. The van der Waals surface area contributed by atoms with Crippen LogP contribution >= 0.6 is 23.2 Å². The molecule has 0 amide bonds. The standard InChI is InChI=1S/C18H21Cl2N3O2S/c1-23-10-8-13(9-11-23)21-17-12-14(6-7-15(17)19)22-26(24,25)18-5-3-2-4-16(18)20/h2-7,12-13,21-22H,8-11H2,1H3. The molecule has 5 nitrogen and oxygen atoms in total. The maximum absolute atomic E-state index is 12.6. The van der Waals surface area contributed by atoms with Gasteiger partial charge in [0.15, 0.2) is 0 Å². The number of rotatable bonds is 5. The quantitative estimate of drug-likeness (QED) is 0.766. The molecule has 8 heteroatoms. The summed E-state index contributed by atoms with van der Waals surface area (Å²) < 4.78 is 27.7. The Kier molecular flexibility index (Phi) is 5.97. The number of piperidine rings is 1. The van der Waals surface area contributed by atoms with E-state index in [-0.39, 0.29) is 9.92 Å². The average molecular weight is 414 g/mol. The van der Waals surface area contributed by atoms with Gasteiger partial charge in [0.05, 0.1) is 21.4 Å². The van der Waals surface area contributed by atoms with Crippen LogP contribution in [0.25, 0.3) is 0 Å². The molecular weight excluding hydrogens is 393 g/mol. The van der Waals surface area contributed by atoms with E-state index in [2.05, 4.69) is 22.0 Å². The number of halogens is 2. The van der Waals surface area contributed by atoms with Crippen LogP contribution in [-0.2, 0) is 10.0 Å². The Morgan fingerprint density at radius 1 is 1.04 bits per heavy atom. The van der Waals surface area contributed by atoms with E-state index in [0.717, 1.165) is 31.6 Å². The second-order valence-electron chi connectivity index (χ2n) is 6.45. The minimum absolute atomic E-state index is 0.0430. The topological polar surface area (TPSA) is 61.4 Å². The number of nitrogens with one attached hydrogen (secondary N) is 2. The summed E-state index contributed by atoms with van der Waals surface area (Å²) in [7, 11) is -1.67. The molecule has 0 atom stereocenters. The molecule has 3 rings (SSSR count). The van der Waals surface area contributed by atoms with Gasteiger partial charge in [-0.2, -0.15) is 0 Å².